The zero-order chi connectivity index (χ0) is 25.7. The third-order valence-electron chi connectivity index (χ3n) is 6.27. The number of benzene rings is 4. The van der Waals surface area contributed by atoms with E-state index in [9.17, 15) is 0 Å². The van der Waals surface area contributed by atoms with Gasteiger partial charge in [-0.1, -0.05) is 53.7 Å². The first-order chi connectivity index (χ1) is 18.8. The Bertz CT molecular complexity index is 1620. The Balaban J connectivity index is 1.33. The molecule has 0 amide bonds. The second kappa shape index (κ2) is 10.5. The Labute approximate surface area is 220 Å². The van der Waals surface area contributed by atoms with Crippen LogP contribution >= 0.6 is 0 Å². The number of methoxy groups -OCH3 is 1. The van der Waals surface area contributed by atoms with Gasteiger partial charge < -0.3 is 14.0 Å². The maximum Gasteiger partial charge on any atom is 0.171 e. The zero-order valence-electron chi connectivity index (χ0n) is 20.8. The highest BCUT2D eigenvalue weighted by Crippen LogP contribution is 2.35. The topological polar surface area (TPSA) is 62.3 Å². The highest BCUT2D eigenvalue weighted by molar-refractivity contribution is 5.80. The summed E-state index contributed by atoms with van der Waals surface area (Å²) >= 11 is 0. The van der Waals surface area contributed by atoms with Crippen molar-refractivity contribution in [3.8, 4) is 51.0 Å². The van der Waals surface area contributed by atoms with Crippen molar-refractivity contribution in [2.24, 2.45) is 0 Å². The molecule has 0 saturated carbocycles. The Morgan fingerprint density at radius 3 is 2.11 bits per heavy atom. The molecule has 2 heterocycles. The van der Waals surface area contributed by atoms with Crippen LogP contribution in [0.25, 0.3) is 39.5 Å². The fourth-order valence-corrected chi connectivity index (χ4v) is 4.23. The molecule has 38 heavy (non-hydrogen) atoms. The summed E-state index contributed by atoms with van der Waals surface area (Å²) in [6, 6.07) is 37.8. The van der Waals surface area contributed by atoms with E-state index in [1.807, 2.05) is 114 Å². The Kier molecular flexibility index (Phi) is 6.43. The molecule has 0 spiro atoms. The van der Waals surface area contributed by atoms with E-state index >= 15 is 0 Å². The van der Waals surface area contributed by atoms with Gasteiger partial charge in [-0.15, -0.1) is 0 Å². The summed E-state index contributed by atoms with van der Waals surface area (Å²) in [6.07, 6.45) is 1.97. The minimum atomic E-state index is 0.514. The number of aromatic nitrogens is 3. The zero-order valence-corrected chi connectivity index (χ0v) is 20.8. The summed E-state index contributed by atoms with van der Waals surface area (Å²) in [5, 5.41) is 9.26. The minimum absolute atomic E-state index is 0.514. The second-order valence-corrected chi connectivity index (χ2v) is 8.78. The first kappa shape index (κ1) is 23.3. The molecule has 6 aromatic rings. The molecule has 6 heteroatoms. The van der Waals surface area contributed by atoms with E-state index in [0.717, 1.165) is 50.8 Å². The number of nitrogens with zero attached hydrogens (tertiary/aromatic N) is 3. The smallest absolute Gasteiger partial charge is 0.171 e. The Morgan fingerprint density at radius 2 is 1.39 bits per heavy atom. The molecule has 0 bridgehead atoms. The predicted molar refractivity (Wildman–Crippen MR) is 147 cm³/mol. The molecule has 186 valence electrons. The number of ether oxygens (including phenoxy) is 2. The van der Waals surface area contributed by atoms with Crippen LogP contribution in [0.3, 0.4) is 0 Å². The molecular formula is C32H25N3O3. The molecule has 0 aliphatic carbocycles. The van der Waals surface area contributed by atoms with Gasteiger partial charge in [-0.25, -0.2) is 4.68 Å². The monoisotopic (exact) mass is 499 g/mol. The van der Waals surface area contributed by atoms with E-state index in [2.05, 4.69) is 17.3 Å². The Hall–Kier alpha value is -5.10. The highest BCUT2D eigenvalue weighted by atomic mass is 16.5. The van der Waals surface area contributed by atoms with E-state index in [1.54, 1.807) is 7.11 Å². The van der Waals surface area contributed by atoms with Crippen molar-refractivity contribution in [2.75, 3.05) is 7.11 Å². The predicted octanol–water partition coefficient (Wildman–Crippen LogP) is 7.45. The van der Waals surface area contributed by atoms with Crippen molar-refractivity contribution in [2.45, 2.75) is 6.61 Å². The molecule has 6 rings (SSSR count). The molecule has 0 N–H and O–H groups in total. The Morgan fingerprint density at radius 1 is 0.737 bits per heavy atom. The van der Waals surface area contributed by atoms with Crippen molar-refractivity contribution in [1.29, 1.82) is 0 Å². The molecule has 0 fully saturated rings. The molecule has 0 aliphatic heterocycles. The third-order valence-corrected chi connectivity index (χ3v) is 6.27. The lowest BCUT2D eigenvalue weighted by Crippen LogP contribution is -1.95. The number of hydrogen-bond donors (Lipinski definition) is 0. The van der Waals surface area contributed by atoms with Gasteiger partial charge >= 0.3 is 0 Å². The minimum Gasteiger partial charge on any atom is -0.497 e. The normalized spacial score (nSPS) is 10.9. The van der Waals surface area contributed by atoms with Gasteiger partial charge in [-0.2, -0.15) is 5.10 Å². The van der Waals surface area contributed by atoms with E-state index in [-0.39, 0.29) is 0 Å². The van der Waals surface area contributed by atoms with Gasteiger partial charge in [-0.05, 0) is 66.2 Å². The average molecular weight is 500 g/mol. The van der Waals surface area contributed by atoms with Gasteiger partial charge in [0.15, 0.2) is 5.76 Å². The molecule has 6 nitrogen and oxygen atoms in total. The van der Waals surface area contributed by atoms with Crippen LogP contribution in [-0.2, 0) is 6.61 Å². The fourth-order valence-electron chi connectivity index (χ4n) is 4.23. The van der Waals surface area contributed by atoms with Crippen LogP contribution in [0.2, 0.25) is 0 Å². The van der Waals surface area contributed by atoms with Gasteiger partial charge in [0.05, 0.1) is 18.4 Å². The van der Waals surface area contributed by atoms with Crippen molar-refractivity contribution >= 4 is 0 Å². The van der Waals surface area contributed by atoms with Crippen molar-refractivity contribution < 1.29 is 14.0 Å². The van der Waals surface area contributed by atoms with Gasteiger partial charge in [0.1, 0.15) is 29.5 Å². The number of para-hydroxylation sites is 1. The molecule has 0 unspecified atom stereocenters. The van der Waals surface area contributed by atoms with Crippen molar-refractivity contribution in [3.63, 3.8) is 0 Å². The molecule has 0 aliphatic rings. The fraction of sp³-hybridized carbons (Fsp3) is 0.0625. The lowest BCUT2D eigenvalue weighted by Gasteiger charge is -2.07. The van der Waals surface area contributed by atoms with E-state index in [0.29, 0.717) is 12.4 Å². The van der Waals surface area contributed by atoms with Crippen LogP contribution < -0.4 is 9.47 Å². The largest absolute Gasteiger partial charge is 0.497 e. The van der Waals surface area contributed by atoms with Crippen LogP contribution in [0.5, 0.6) is 11.5 Å². The molecule has 0 atom stereocenters. The SMILES string of the molecule is COc1ccc(-c2cc(-c3cn(-c4ccccc4)nc3-c3ccc(OCc4ccccc4)cc3)on2)cc1. The quantitative estimate of drug-likeness (QED) is 0.218. The van der Waals surface area contributed by atoms with E-state index in [4.69, 9.17) is 19.1 Å². The van der Waals surface area contributed by atoms with Gasteiger partial charge in [-0.3, -0.25) is 0 Å². The van der Waals surface area contributed by atoms with E-state index < -0.39 is 0 Å². The summed E-state index contributed by atoms with van der Waals surface area (Å²) < 4.78 is 18.9. The van der Waals surface area contributed by atoms with Gasteiger partial charge in [0, 0.05) is 23.4 Å². The van der Waals surface area contributed by atoms with Crippen LogP contribution in [0.15, 0.2) is 126 Å². The summed E-state index contributed by atoms with van der Waals surface area (Å²) in [7, 11) is 1.65. The van der Waals surface area contributed by atoms with Crippen LogP contribution in [0.4, 0.5) is 0 Å². The second-order valence-electron chi connectivity index (χ2n) is 8.78. The highest BCUT2D eigenvalue weighted by Gasteiger charge is 2.19. The molecule has 0 saturated heterocycles. The summed E-state index contributed by atoms with van der Waals surface area (Å²) in [4.78, 5) is 0. The molecule has 4 aromatic carbocycles. The maximum absolute atomic E-state index is 5.98. The first-order valence-corrected chi connectivity index (χ1v) is 12.3. The van der Waals surface area contributed by atoms with Crippen LogP contribution in [-0.4, -0.2) is 22.0 Å². The molecular weight excluding hydrogens is 474 g/mol. The van der Waals surface area contributed by atoms with Crippen LogP contribution in [0, 0.1) is 0 Å². The summed E-state index contributed by atoms with van der Waals surface area (Å²) in [5.41, 5.74) is 6.35. The summed E-state index contributed by atoms with van der Waals surface area (Å²) in [6.45, 7) is 0.514. The van der Waals surface area contributed by atoms with E-state index in [1.165, 1.54) is 0 Å². The lowest BCUT2D eigenvalue weighted by atomic mass is 10.1. The third kappa shape index (κ3) is 4.92. The lowest BCUT2D eigenvalue weighted by molar-refractivity contribution is 0.306. The van der Waals surface area contributed by atoms with Crippen LogP contribution in [0.1, 0.15) is 5.56 Å². The summed E-state index contributed by atoms with van der Waals surface area (Å²) in [5.74, 6) is 2.22. The molecule has 2 aromatic heterocycles. The molecule has 0 radical (unpaired) electrons. The van der Waals surface area contributed by atoms with Crippen molar-refractivity contribution in [3.05, 3.63) is 127 Å². The number of hydrogen-bond acceptors (Lipinski definition) is 5. The standard InChI is InChI=1S/C32H25N3O3/c1-36-27-16-12-24(13-17-27)30-20-31(38-34-30)29-21-35(26-10-6-3-7-11-26)33-32(29)25-14-18-28(19-15-25)37-22-23-8-4-2-5-9-23/h2-21H,22H2,1H3. The maximum atomic E-state index is 5.98. The van der Waals surface area contributed by atoms with Crippen molar-refractivity contribution in [1.82, 2.24) is 14.9 Å². The first-order valence-electron chi connectivity index (χ1n) is 12.3. The van der Waals surface area contributed by atoms with Gasteiger partial charge in [0.25, 0.3) is 0 Å². The van der Waals surface area contributed by atoms with Gasteiger partial charge in [0.2, 0.25) is 0 Å². The number of rotatable bonds is 8. The average Bonchev–Trinajstić information content (AvgIpc) is 3.66.